The van der Waals surface area contributed by atoms with Crippen molar-refractivity contribution in [2.45, 2.75) is 31.2 Å². The molecule has 5 heteroatoms. The molecule has 2 rings (SSSR count). The minimum Gasteiger partial charge on any atom is -0.356 e. The second-order valence-corrected chi connectivity index (χ2v) is 3.41. The highest BCUT2D eigenvalue weighted by Gasteiger charge is 2.50. The van der Waals surface area contributed by atoms with E-state index < -0.39 is 12.1 Å². The number of methoxy groups -OCH3 is 2. The lowest BCUT2D eigenvalue weighted by Crippen LogP contribution is -2.45. The van der Waals surface area contributed by atoms with Crippen LogP contribution in [0.15, 0.2) is 0 Å². The van der Waals surface area contributed by atoms with Gasteiger partial charge in [0.05, 0.1) is 13.2 Å². The van der Waals surface area contributed by atoms with Crippen LogP contribution in [-0.4, -0.2) is 45.8 Å². The molecule has 0 aromatic rings. The lowest BCUT2D eigenvalue weighted by Gasteiger charge is -2.31. The zero-order valence-electron chi connectivity index (χ0n) is 8.52. The van der Waals surface area contributed by atoms with E-state index >= 15 is 0 Å². The Hall–Kier alpha value is -0.200. The summed E-state index contributed by atoms with van der Waals surface area (Å²) in [6, 6.07) is 0. The summed E-state index contributed by atoms with van der Waals surface area (Å²) in [5, 5.41) is 0. The molecule has 2 fully saturated rings. The van der Waals surface area contributed by atoms with Crippen molar-refractivity contribution >= 4 is 0 Å². The number of rotatable bonds is 3. The summed E-state index contributed by atoms with van der Waals surface area (Å²) in [6.45, 7) is 1.19. The molecule has 0 bridgehead atoms. The SMILES string of the molecule is CO[C@H]1CC[C@](OC)(C2OCCO2)O1. The highest BCUT2D eigenvalue weighted by molar-refractivity contribution is 4.83. The molecular formula is C9H16O5. The summed E-state index contributed by atoms with van der Waals surface area (Å²) in [7, 11) is 3.22. The lowest BCUT2D eigenvalue weighted by molar-refractivity contribution is -0.331. The fourth-order valence-electron chi connectivity index (χ4n) is 1.86. The van der Waals surface area contributed by atoms with E-state index in [0.717, 1.165) is 12.8 Å². The summed E-state index contributed by atoms with van der Waals surface area (Å²) >= 11 is 0. The lowest BCUT2D eigenvalue weighted by atomic mass is 10.2. The van der Waals surface area contributed by atoms with Crippen molar-refractivity contribution in [1.29, 1.82) is 0 Å². The Labute approximate surface area is 83.2 Å². The first-order chi connectivity index (χ1) is 6.80. The molecule has 0 radical (unpaired) electrons. The van der Waals surface area contributed by atoms with Gasteiger partial charge in [0.15, 0.2) is 6.29 Å². The number of ether oxygens (including phenoxy) is 5. The number of hydrogen-bond acceptors (Lipinski definition) is 5. The molecular weight excluding hydrogens is 188 g/mol. The van der Waals surface area contributed by atoms with Crippen molar-refractivity contribution in [3.8, 4) is 0 Å². The van der Waals surface area contributed by atoms with E-state index in [1.807, 2.05) is 0 Å². The molecule has 14 heavy (non-hydrogen) atoms. The highest BCUT2D eigenvalue weighted by atomic mass is 16.8. The quantitative estimate of drug-likeness (QED) is 0.669. The molecule has 0 aromatic heterocycles. The molecule has 82 valence electrons. The van der Waals surface area contributed by atoms with Crippen molar-refractivity contribution < 1.29 is 23.7 Å². The Morgan fingerprint density at radius 2 is 1.93 bits per heavy atom. The Kier molecular flexibility index (Phi) is 3.04. The molecule has 0 unspecified atom stereocenters. The summed E-state index contributed by atoms with van der Waals surface area (Å²) in [5.41, 5.74) is 0. The van der Waals surface area contributed by atoms with Crippen LogP contribution in [0.5, 0.6) is 0 Å². The molecule has 2 aliphatic rings. The standard InChI is InChI=1S/C9H16O5/c1-10-7-3-4-9(11-2,14-7)8-12-5-6-13-8/h7-8H,3-6H2,1-2H3/t7-,9-/m1/s1. The third-order valence-electron chi connectivity index (χ3n) is 2.65. The molecule has 2 heterocycles. The predicted octanol–water partition coefficient (Wildman–Crippen LogP) is 0.485. The van der Waals surface area contributed by atoms with Gasteiger partial charge in [-0.1, -0.05) is 0 Å². The molecule has 2 atom stereocenters. The second kappa shape index (κ2) is 4.12. The first kappa shape index (κ1) is 10.3. The third kappa shape index (κ3) is 1.66. The zero-order valence-corrected chi connectivity index (χ0v) is 8.52. The van der Waals surface area contributed by atoms with Gasteiger partial charge in [-0.05, 0) is 0 Å². The molecule has 2 saturated heterocycles. The Bertz CT molecular complexity index is 192. The Morgan fingerprint density at radius 1 is 1.21 bits per heavy atom. The molecule has 0 N–H and O–H groups in total. The minimum atomic E-state index is -0.781. The first-order valence-corrected chi connectivity index (χ1v) is 4.80. The maximum atomic E-state index is 5.64. The Morgan fingerprint density at radius 3 is 2.43 bits per heavy atom. The van der Waals surface area contributed by atoms with Gasteiger partial charge in [0.1, 0.15) is 0 Å². The summed E-state index contributed by atoms with van der Waals surface area (Å²) < 4.78 is 26.9. The highest BCUT2D eigenvalue weighted by Crippen LogP contribution is 2.37. The average molecular weight is 204 g/mol. The smallest absolute Gasteiger partial charge is 0.222 e. The van der Waals surface area contributed by atoms with Crippen LogP contribution < -0.4 is 0 Å². The van der Waals surface area contributed by atoms with E-state index in [1.165, 1.54) is 0 Å². The summed E-state index contributed by atoms with van der Waals surface area (Å²) in [5.74, 6) is -0.781. The second-order valence-electron chi connectivity index (χ2n) is 3.41. The van der Waals surface area contributed by atoms with E-state index in [9.17, 15) is 0 Å². The van der Waals surface area contributed by atoms with Gasteiger partial charge in [-0.3, -0.25) is 0 Å². The van der Waals surface area contributed by atoms with E-state index in [2.05, 4.69) is 0 Å². The van der Waals surface area contributed by atoms with Gasteiger partial charge in [-0.2, -0.15) is 0 Å². The van der Waals surface area contributed by atoms with Crippen LogP contribution in [0.1, 0.15) is 12.8 Å². The van der Waals surface area contributed by atoms with Gasteiger partial charge in [0, 0.05) is 27.1 Å². The van der Waals surface area contributed by atoms with E-state index in [0.29, 0.717) is 13.2 Å². The largest absolute Gasteiger partial charge is 0.356 e. The van der Waals surface area contributed by atoms with Crippen molar-refractivity contribution in [3.05, 3.63) is 0 Å². The maximum Gasteiger partial charge on any atom is 0.222 e. The van der Waals surface area contributed by atoms with Crippen LogP contribution in [0.4, 0.5) is 0 Å². The zero-order chi connectivity index (χ0) is 10.0. The van der Waals surface area contributed by atoms with Gasteiger partial charge in [0.25, 0.3) is 0 Å². The van der Waals surface area contributed by atoms with Crippen molar-refractivity contribution in [1.82, 2.24) is 0 Å². The fourth-order valence-corrected chi connectivity index (χ4v) is 1.86. The monoisotopic (exact) mass is 204 g/mol. The Balaban J connectivity index is 2.02. The van der Waals surface area contributed by atoms with Crippen molar-refractivity contribution in [3.63, 3.8) is 0 Å². The first-order valence-electron chi connectivity index (χ1n) is 4.80. The minimum absolute atomic E-state index is 0.220. The molecule has 0 amide bonds. The molecule has 5 nitrogen and oxygen atoms in total. The normalized spacial score (nSPS) is 39.4. The molecule has 0 spiro atoms. The molecule has 2 aliphatic heterocycles. The van der Waals surface area contributed by atoms with Gasteiger partial charge in [-0.25, -0.2) is 0 Å². The summed E-state index contributed by atoms with van der Waals surface area (Å²) in [4.78, 5) is 0. The molecule has 0 aliphatic carbocycles. The van der Waals surface area contributed by atoms with Crippen LogP contribution >= 0.6 is 0 Å². The summed E-state index contributed by atoms with van der Waals surface area (Å²) in [6.07, 6.45) is 0.885. The number of hydrogen-bond donors (Lipinski definition) is 0. The van der Waals surface area contributed by atoms with Crippen molar-refractivity contribution in [2.24, 2.45) is 0 Å². The third-order valence-corrected chi connectivity index (χ3v) is 2.65. The van der Waals surface area contributed by atoms with E-state index in [1.54, 1.807) is 14.2 Å². The topological polar surface area (TPSA) is 46.2 Å². The molecule has 0 saturated carbocycles. The van der Waals surface area contributed by atoms with Crippen LogP contribution in [0.25, 0.3) is 0 Å². The molecule has 0 aromatic carbocycles. The van der Waals surface area contributed by atoms with E-state index in [-0.39, 0.29) is 6.29 Å². The van der Waals surface area contributed by atoms with Crippen LogP contribution in [0.3, 0.4) is 0 Å². The van der Waals surface area contributed by atoms with Crippen LogP contribution in [-0.2, 0) is 23.7 Å². The maximum absolute atomic E-state index is 5.64. The average Bonchev–Trinajstić information content (AvgIpc) is 2.87. The van der Waals surface area contributed by atoms with Crippen LogP contribution in [0, 0.1) is 0 Å². The van der Waals surface area contributed by atoms with Gasteiger partial charge in [0.2, 0.25) is 12.1 Å². The fraction of sp³-hybridized carbons (Fsp3) is 1.00. The van der Waals surface area contributed by atoms with E-state index in [4.69, 9.17) is 23.7 Å². The van der Waals surface area contributed by atoms with Crippen molar-refractivity contribution in [2.75, 3.05) is 27.4 Å². The van der Waals surface area contributed by atoms with Gasteiger partial charge >= 0.3 is 0 Å². The van der Waals surface area contributed by atoms with Gasteiger partial charge < -0.3 is 23.7 Å². The predicted molar refractivity (Wildman–Crippen MR) is 46.5 cm³/mol. The van der Waals surface area contributed by atoms with Crippen LogP contribution in [0.2, 0.25) is 0 Å². The van der Waals surface area contributed by atoms with Gasteiger partial charge in [-0.15, -0.1) is 0 Å².